The van der Waals surface area contributed by atoms with Crippen LogP contribution in [-0.2, 0) is 9.53 Å². The number of ether oxygens (including phenoxy) is 1. The maximum Gasteiger partial charge on any atom is 0.304 e. The SMILES string of the molecule is CCCC/C=C/C=C/C/C=C/C=C/C#CCCCCCCCCCC(O)OC(C)=O. The van der Waals surface area contributed by atoms with Gasteiger partial charge in [-0.25, -0.2) is 0 Å². The molecule has 0 heterocycles. The van der Waals surface area contributed by atoms with E-state index in [9.17, 15) is 9.90 Å². The van der Waals surface area contributed by atoms with Crippen LogP contribution >= 0.6 is 0 Å². The Morgan fingerprint density at radius 2 is 1.53 bits per heavy atom. The Morgan fingerprint density at radius 3 is 2.23 bits per heavy atom. The van der Waals surface area contributed by atoms with Gasteiger partial charge in [0.25, 0.3) is 0 Å². The van der Waals surface area contributed by atoms with Gasteiger partial charge < -0.3 is 9.84 Å². The summed E-state index contributed by atoms with van der Waals surface area (Å²) in [6, 6.07) is 0. The fourth-order valence-electron chi connectivity index (χ4n) is 2.79. The third kappa shape index (κ3) is 24.0. The van der Waals surface area contributed by atoms with E-state index in [2.05, 4.69) is 53.9 Å². The molecule has 0 saturated heterocycles. The number of allylic oxidation sites excluding steroid dienone is 8. The Morgan fingerprint density at radius 1 is 0.900 bits per heavy atom. The number of carbonyl (C=O) groups is 1. The first kappa shape index (κ1) is 27.9. The van der Waals surface area contributed by atoms with E-state index in [1.54, 1.807) is 0 Å². The number of rotatable bonds is 17. The van der Waals surface area contributed by atoms with Crippen LogP contribution in [0, 0.1) is 11.8 Å². The molecule has 0 amide bonds. The van der Waals surface area contributed by atoms with E-state index >= 15 is 0 Å². The van der Waals surface area contributed by atoms with E-state index in [4.69, 9.17) is 0 Å². The maximum atomic E-state index is 10.7. The van der Waals surface area contributed by atoms with Gasteiger partial charge in [-0.1, -0.05) is 106 Å². The molecule has 1 unspecified atom stereocenters. The van der Waals surface area contributed by atoms with Crippen LogP contribution in [0.5, 0.6) is 0 Å². The number of aliphatic hydroxyl groups is 1. The molecule has 0 aliphatic carbocycles. The smallest absolute Gasteiger partial charge is 0.304 e. The minimum atomic E-state index is -0.940. The Hall–Kier alpha value is -2.05. The zero-order valence-electron chi connectivity index (χ0n) is 19.2. The van der Waals surface area contributed by atoms with E-state index in [1.165, 1.54) is 45.4 Å². The van der Waals surface area contributed by atoms with Crippen LogP contribution in [0.3, 0.4) is 0 Å². The summed E-state index contributed by atoms with van der Waals surface area (Å²) in [5.41, 5.74) is 0. The molecule has 0 fully saturated rings. The Kier molecular flexibility index (Phi) is 21.6. The molecule has 1 atom stereocenters. The highest BCUT2D eigenvalue weighted by Gasteiger charge is 2.05. The lowest BCUT2D eigenvalue weighted by atomic mass is 10.1. The van der Waals surface area contributed by atoms with Gasteiger partial charge in [0.15, 0.2) is 0 Å². The molecular formula is C27H42O3. The predicted molar refractivity (Wildman–Crippen MR) is 128 cm³/mol. The predicted octanol–water partition coefficient (Wildman–Crippen LogP) is 7.19. The second kappa shape index (κ2) is 23.2. The van der Waals surface area contributed by atoms with Crippen molar-refractivity contribution in [3.8, 4) is 11.8 Å². The molecule has 0 rings (SSSR count). The van der Waals surface area contributed by atoms with Crippen molar-refractivity contribution < 1.29 is 14.6 Å². The molecule has 168 valence electrons. The summed E-state index contributed by atoms with van der Waals surface area (Å²) in [4.78, 5) is 10.7. The van der Waals surface area contributed by atoms with Gasteiger partial charge in [-0.3, -0.25) is 4.79 Å². The van der Waals surface area contributed by atoms with Crippen LogP contribution in [0.1, 0.15) is 97.3 Å². The van der Waals surface area contributed by atoms with Crippen LogP contribution in [0.15, 0.2) is 48.6 Å². The quantitative estimate of drug-likeness (QED) is 0.0901. The molecule has 1 N–H and O–H groups in total. The standard InChI is InChI=1S/C27H42O3/c1-3-4-5-6-7-8-9-10-11-12-13-14-15-16-17-18-19-20-21-22-23-24-25-27(29)30-26(2)28/h6-9,11-14,27,29H,3-5,10,17-25H2,1-2H3/b7-6+,9-8+,12-11+,14-13+. The monoisotopic (exact) mass is 414 g/mol. The summed E-state index contributed by atoms with van der Waals surface area (Å²) in [7, 11) is 0. The summed E-state index contributed by atoms with van der Waals surface area (Å²) in [6.07, 6.45) is 29.8. The van der Waals surface area contributed by atoms with Crippen molar-refractivity contribution in [1.82, 2.24) is 0 Å². The average Bonchev–Trinajstić information content (AvgIpc) is 2.71. The zero-order chi connectivity index (χ0) is 22.1. The van der Waals surface area contributed by atoms with E-state index in [0.29, 0.717) is 6.42 Å². The zero-order valence-corrected chi connectivity index (χ0v) is 19.2. The first-order valence-corrected chi connectivity index (χ1v) is 11.6. The van der Waals surface area contributed by atoms with Gasteiger partial charge in [-0.05, 0) is 31.8 Å². The largest absolute Gasteiger partial charge is 0.436 e. The number of hydrogen-bond donors (Lipinski definition) is 1. The van der Waals surface area contributed by atoms with Crippen LogP contribution < -0.4 is 0 Å². The third-order valence-corrected chi connectivity index (χ3v) is 4.46. The number of unbranched alkanes of at least 4 members (excludes halogenated alkanes) is 9. The highest BCUT2D eigenvalue weighted by Crippen LogP contribution is 2.11. The van der Waals surface area contributed by atoms with E-state index < -0.39 is 12.3 Å². The number of hydrogen-bond acceptors (Lipinski definition) is 3. The van der Waals surface area contributed by atoms with Crippen LogP contribution in [-0.4, -0.2) is 17.4 Å². The summed E-state index contributed by atoms with van der Waals surface area (Å²) in [5.74, 6) is 5.86. The highest BCUT2D eigenvalue weighted by molar-refractivity contribution is 5.65. The lowest BCUT2D eigenvalue weighted by Gasteiger charge is -2.09. The Balaban J connectivity index is 3.47. The topological polar surface area (TPSA) is 46.5 Å². The van der Waals surface area contributed by atoms with Crippen LogP contribution in [0.2, 0.25) is 0 Å². The van der Waals surface area contributed by atoms with Crippen LogP contribution in [0.4, 0.5) is 0 Å². The van der Waals surface area contributed by atoms with E-state index in [1.807, 2.05) is 18.2 Å². The van der Waals surface area contributed by atoms with Crippen molar-refractivity contribution in [2.75, 3.05) is 0 Å². The van der Waals surface area contributed by atoms with Gasteiger partial charge in [0, 0.05) is 19.8 Å². The molecule has 0 spiro atoms. The second-order valence-electron chi connectivity index (χ2n) is 7.42. The van der Waals surface area contributed by atoms with Crippen molar-refractivity contribution in [2.45, 2.75) is 104 Å². The summed E-state index contributed by atoms with van der Waals surface area (Å²) in [5, 5.41) is 9.42. The maximum absolute atomic E-state index is 10.7. The molecule has 3 nitrogen and oxygen atoms in total. The number of aliphatic hydroxyl groups excluding tert-OH is 1. The molecule has 0 bridgehead atoms. The Labute approximate surface area is 185 Å². The summed E-state index contributed by atoms with van der Waals surface area (Å²) < 4.78 is 4.69. The van der Waals surface area contributed by atoms with Gasteiger partial charge in [-0.15, -0.1) is 0 Å². The summed E-state index contributed by atoms with van der Waals surface area (Å²) >= 11 is 0. The summed E-state index contributed by atoms with van der Waals surface area (Å²) in [6.45, 7) is 3.53. The molecular weight excluding hydrogens is 372 g/mol. The van der Waals surface area contributed by atoms with Crippen molar-refractivity contribution in [2.24, 2.45) is 0 Å². The molecule has 3 heteroatoms. The molecule has 0 aliphatic heterocycles. The van der Waals surface area contributed by atoms with E-state index in [-0.39, 0.29) is 0 Å². The average molecular weight is 415 g/mol. The van der Waals surface area contributed by atoms with Gasteiger partial charge in [0.1, 0.15) is 0 Å². The third-order valence-electron chi connectivity index (χ3n) is 4.46. The number of esters is 1. The van der Waals surface area contributed by atoms with Crippen molar-refractivity contribution in [3.05, 3.63) is 48.6 Å². The fourth-order valence-corrected chi connectivity index (χ4v) is 2.79. The lowest BCUT2D eigenvalue weighted by molar-refractivity contribution is -0.165. The second-order valence-corrected chi connectivity index (χ2v) is 7.42. The molecule has 0 aromatic carbocycles. The highest BCUT2D eigenvalue weighted by atomic mass is 16.6. The van der Waals surface area contributed by atoms with Gasteiger partial charge in [-0.2, -0.15) is 0 Å². The van der Waals surface area contributed by atoms with Gasteiger partial charge in [0.2, 0.25) is 6.29 Å². The molecule has 0 aromatic rings. The molecule has 0 radical (unpaired) electrons. The first-order chi connectivity index (χ1) is 14.7. The van der Waals surface area contributed by atoms with Crippen molar-refractivity contribution in [3.63, 3.8) is 0 Å². The first-order valence-electron chi connectivity index (χ1n) is 11.6. The molecule has 0 aromatic heterocycles. The molecule has 0 aliphatic rings. The number of carbonyl (C=O) groups excluding carboxylic acids is 1. The van der Waals surface area contributed by atoms with Crippen LogP contribution in [0.25, 0.3) is 0 Å². The minimum absolute atomic E-state index is 0.424. The normalized spacial score (nSPS) is 12.8. The van der Waals surface area contributed by atoms with Crippen molar-refractivity contribution in [1.29, 1.82) is 0 Å². The Bertz CT molecular complexity index is 573. The van der Waals surface area contributed by atoms with Gasteiger partial charge >= 0.3 is 5.97 Å². The van der Waals surface area contributed by atoms with Gasteiger partial charge in [0.05, 0.1) is 0 Å². The fraction of sp³-hybridized carbons (Fsp3) is 0.593. The lowest BCUT2D eigenvalue weighted by Crippen LogP contribution is -2.14. The van der Waals surface area contributed by atoms with Crippen molar-refractivity contribution >= 4 is 5.97 Å². The molecule has 30 heavy (non-hydrogen) atoms. The molecule has 0 saturated carbocycles. The minimum Gasteiger partial charge on any atom is -0.436 e. The van der Waals surface area contributed by atoms with E-state index in [0.717, 1.165) is 38.5 Å².